The van der Waals surface area contributed by atoms with Crippen molar-refractivity contribution in [2.45, 2.75) is 6.92 Å². The van der Waals surface area contributed by atoms with E-state index in [1.807, 2.05) is 31.2 Å². The van der Waals surface area contributed by atoms with Gasteiger partial charge in [-0.25, -0.2) is 10.1 Å². The summed E-state index contributed by atoms with van der Waals surface area (Å²) in [5.74, 6) is -0.376. The van der Waals surface area contributed by atoms with Gasteiger partial charge in [-0.1, -0.05) is 23.6 Å². The van der Waals surface area contributed by atoms with Crippen LogP contribution in [-0.4, -0.2) is 22.2 Å². The summed E-state index contributed by atoms with van der Waals surface area (Å²) in [7, 11) is 0. The number of guanidine groups is 1. The van der Waals surface area contributed by atoms with Crippen molar-refractivity contribution in [3.63, 3.8) is 0 Å². The van der Waals surface area contributed by atoms with E-state index in [9.17, 15) is 10.1 Å². The third-order valence-corrected chi connectivity index (χ3v) is 2.50. The number of benzene rings is 1. The molecule has 0 atom stereocenters. The molecule has 0 radical (unpaired) electrons. The molecular weight excluding hydrogens is 248 g/mol. The summed E-state index contributed by atoms with van der Waals surface area (Å²) >= 11 is 0. The summed E-state index contributed by atoms with van der Waals surface area (Å²) in [5, 5.41) is 17.5. The second-order valence-corrected chi connectivity index (χ2v) is 3.81. The Kier molecular flexibility index (Phi) is 3.42. The quantitative estimate of drug-likeness (QED) is 0.328. The second kappa shape index (κ2) is 5.17. The van der Waals surface area contributed by atoms with Crippen LogP contribution in [0.3, 0.4) is 0 Å². The van der Waals surface area contributed by atoms with Crippen LogP contribution >= 0.6 is 0 Å². The lowest BCUT2D eigenvalue weighted by molar-refractivity contribution is -0.525. The van der Waals surface area contributed by atoms with Crippen LogP contribution in [0.4, 0.5) is 0 Å². The van der Waals surface area contributed by atoms with Gasteiger partial charge in [0.2, 0.25) is 0 Å². The fourth-order valence-corrected chi connectivity index (χ4v) is 1.73. The van der Waals surface area contributed by atoms with E-state index in [4.69, 9.17) is 5.73 Å². The molecule has 0 saturated heterocycles. The molecule has 0 fully saturated rings. The lowest BCUT2D eigenvalue weighted by Gasteiger charge is -1.92. The molecular formula is C11H12N6O2. The highest BCUT2D eigenvalue weighted by molar-refractivity contribution is 6.00. The number of para-hydroxylation sites is 1. The molecule has 19 heavy (non-hydrogen) atoms. The van der Waals surface area contributed by atoms with Gasteiger partial charge in [-0.15, -0.1) is 5.10 Å². The van der Waals surface area contributed by atoms with Gasteiger partial charge in [0.25, 0.3) is 5.96 Å². The number of nitro groups is 1. The van der Waals surface area contributed by atoms with Gasteiger partial charge >= 0.3 is 0 Å². The summed E-state index contributed by atoms with van der Waals surface area (Å²) in [4.78, 5) is 13.3. The minimum Gasteiger partial charge on any atom is -0.364 e. The summed E-state index contributed by atoms with van der Waals surface area (Å²) in [6.07, 6.45) is 1.50. The summed E-state index contributed by atoms with van der Waals surface area (Å²) in [6.45, 7) is 1.91. The van der Waals surface area contributed by atoms with Gasteiger partial charge in [0.05, 0.1) is 6.21 Å². The lowest BCUT2D eigenvalue weighted by atomic mass is 10.1. The molecule has 0 bridgehead atoms. The van der Waals surface area contributed by atoms with Crippen molar-refractivity contribution in [3.05, 3.63) is 45.6 Å². The first-order valence-electron chi connectivity index (χ1n) is 5.43. The van der Waals surface area contributed by atoms with E-state index in [0.29, 0.717) is 0 Å². The number of nitrogens with one attached hydrogen (secondary N) is 2. The first-order chi connectivity index (χ1) is 9.08. The van der Waals surface area contributed by atoms with Crippen molar-refractivity contribution in [3.8, 4) is 0 Å². The number of hydrogen-bond donors (Lipinski definition) is 3. The van der Waals surface area contributed by atoms with Crippen LogP contribution in [0.25, 0.3) is 10.9 Å². The van der Waals surface area contributed by atoms with Gasteiger partial charge in [-0.05, 0) is 13.0 Å². The number of fused-ring (bicyclic) bond motifs is 1. The van der Waals surface area contributed by atoms with Gasteiger partial charge in [0.15, 0.2) is 5.03 Å². The lowest BCUT2D eigenvalue weighted by Crippen LogP contribution is -2.35. The third-order valence-electron chi connectivity index (χ3n) is 2.50. The summed E-state index contributed by atoms with van der Waals surface area (Å²) in [6, 6.07) is 7.74. The molecule has 1 aromatic heterocycles. The zero-order valence-electron chi connectivity index (χ0n) is 10.1. The van der Waals surface area contributed by atoms with Crippen molar-refractivity contribution in [2.75, 3.05) is 0 Å². The Labute approximate surface area is 108 Å². The number of hydrazine groups is 1. The average molecular weight is 260 g/mol. The van der Waals surface area contributed by atoms with Gasteiger partial charge < -0.3 is 10.7 Å². The zero-order chi connectivity index (χ0) is 13.8. The van der Waals surface area contributed by atoms with Crippen molar-refractivity contribution in [1.82, 2.24) is 10.4 Å². The monoisotopic (exact) mass is 260 g/mol. The topological polar surface area (TPSA) is 122 Å². The molecule has 0 aliphatic rings. The molecule has 2 aromatic rings. The molecule has 1 heterocycles. The largest absolute Gasteiger partial charge is 0.364 e. The normalized spacial score (nSPS) is 12.2. The van der Waals surface area contributed by atoms with E-state index < -0.39 is 5.03 Å². The van der Waals surface area contributed by atoms with Crippen LogP contribution in [0.1, 0.15) is 11.3 Å². The smallest absolute Gasteiger partial charge is 0.275 e. The number of nitrogens with two attached hydrogens (primary N) is 1. The van der Waals surface area contributed by atoms with E-state index in [1.165, 1.54) is 6.21 Å². The van der Waals surface area contributed by atoms with E-state index in [1.54, 1.807) is 5.43 Å². The standard InChI is InChI=1S/C11H12N6O2/c1-7-9(6-13-15-11(12)16-17(18)19)8-4-2-3-5-10(8)14-7/h2-6,14H,1H3,(H3,12,15,16)/b13-6+. The first-order valence-corrected chi connectivity index (χ1v) is 5.43. The second-order valence-electron chi connectivity index (χ2n) is 3.81. The van der Waals surface area contributed by atoms with Crippen LogP contribution in [0.15, 0.2) is 34.5 Å². The van der Waals surface area contributed by atoms with Gasteiger partial charge in [0, 0.05) is 22.2 Å². The number of aromatic amines is 1. The molecule has 1 aromatic carbocycles. The van der Waals surface area contributed by atoms with E-state index in [-0.39, 0.29) is 5.96 Å². The van der Waals surface area contributed by atoms with Crippen molar-refractivity contribution >= 4 is 23.1 Å². The Hall–Kier alpha value is -2.90. The zero-order valence-corrected chi connectivity index (χ0v) is 10.1. The van der Waals surface area contributed by atoms with Crippen LogP contribution in [0.5, 0.6) is 0 Å². The van der Waals surface area contributed by atoms with Crippen LogP contribution in [0, 0.1) is 17.0 Å². The SMILES string of the molecule is Cc1[nH]c2ccccc2c1/C=N/N=C(N)N[N+](=O)[O-]. The highest BCUT2D eigenvalue weighted by Crippen LogP contribution is 2.19. The maximum Gasteiger partial charge on any atom is 0.275 e. The predicted octanol–water partition coefficient (Wildman–Crippen LogP) is 0.906. The summed E-state index contributed by atoms with van der Waals surface area (Å²) in [5.41, 5.74) is 9.73. The highest BCUT2D eigenvalue weighted by Gasteiger charge is 2.05. The number of hydrogen-bond acceptors (Lipinski definition) is 4. The molecule has 4 N–H and O–H groups in total. The predicted molar refractivity (Wildman–Crippen MR) is 72.4 cm³/mol. The third kappa shape index (κ3) is 2.86. The number of nitrogens with zero attached hydrogens (tertiary/aromatic N) is 3. The Morgan fingerprint density at radius 1 is 1.53 bits per heavy atom. The molecule has 2 rings (SSSR count). The molecule has 0 aliphatic carbocycles. The maximum absolute atomic E-state index is 10.1. The molecule has 98 valence electrons. The minimum absolute atomic E-state index is 0.376. The molecule has 8 heteroatoms. The van der Waals surface area contributed by atoms with Crippen molar-refractivity contribution < 1.29 is 5.03 Å². The average Bonchev–Trinajstić information content (AvgIpc) is 2.65. The minimum atomic E-state index is -0.800. The van der Waals surface area contributed by atoms with E-state index >= 15 is 0 Å². The molecule has 0 saturated carbocycles. The highest BCUT2D eigenvalue weighted by atomic mass is 16.7. The number of aromatic nitrogens is 1. The van der Waals surface area contributed by atoms with E-state index in [2.05, 4.69) is 15.2 Å². The van der Waals surface area contributed by atoms with Gasteiger partial charge in [-0.3, -0.25) is 0 Å². The Bertz CT molecular complexity index is 673. The Morgan fingerprint density at radius 2 is 2.26 bits per heavy atom. The molecule has 0 aliphatic heterocycles. The number of H-pyrrole nitrogens is 1. The molecule has 0 unspecified atom stereocenters. The molecule has 8 nitrogen and oxygen atoms in total. The number of aryl methyl sites for hydroxylation is 1. The fraction of sp³-hybridized carbons (Fsp3) is 0.0909. The Morgan fingerprint density at radius 3 is 3.00 bits per heavy atom. The van der Waals surface area contributed by atoms with Gasteiger partial charge in [-0.2, -0.15) is 5.10 Å². The van der Waals surface area contributed by atoms with Gasteiger partial charge in [0.1, 0.15) is 0 Å². The Balaban J connectivity index is 2.26. The van der Waals surface area contributed by atoms with E-state index in [0.717, 1.165) is 22.2 Å². The maximum atomic E-state index is 10.1. The fourth-order valence-electron chi connectivity index (χ4n) is 1.73. The summed E-state index contributed by atoms with van der Waals surface area (Å²) < 4.78 is 0. The number of rotatable bonds is 3. The van der Waals surface area contributed by atoms with Crippen LogP contribution in [-0.2, 0) is 0 Å². The first kappa shape index (κ1) is 12.6. The van der Waals surface area contributed by atoms with Crippen molar-refractivity contribution in [2.24, 2.45) is 15.9 Å². The van der Waals surface area contributed by atoms with Crippen molar-refractivity contribution in [1.29, 1.82) is 0 Å². The van der Waals surface area contributed by atoms with Crippen LogP contribution in [0.2, 0.25) is 0 Å². The molecule has 0 amide bonds. The van der Waals surface area contributed by atoms with Crippen LogP contribution < -0.4 is 11.2 Å². The molecule has 0 spiro atoms.